The third kappa shape index (κ3) is 4.78. The first kappa shape index (κ1) is 22.1. The van der Waals surface area contributed by atoms with Crippen molar-refractivity contribution in [2.24, 2.45) is 0 Å². The number of aryl methyl sites for hydroxylation is 3. The number of piperidine rings is 1. The van der Waals surface area contributed by atoms with Crippen LogP contribution in [0.3, 0.4) is 0 Å². The molecule has 0 saturated carbocycles. The van der Waals surface area contributed by atoms with Crippen molar-refractivity contribution >= 4 is 28.5 Å². The van der Waals surface area contributed by atoms with Gasteiger partial charge in [-0.15, -0.1) is 0 Å². The lowest BCUT2D eigenvalue weighted by Gasteiger charge is -2.28. The maximum absolute atomic E-state index is 12.6. The molecule has 0 atom stereocenters. The van der Waals surface area contributed by atoms with E-state index in [1.807, 2.05) is 56.3 Å². The third-order valence-electron chi connectivity index (χ3n) is 6.15. The molecule has 1 aliphatic heterocycles. The second kappa shape index (κ2) is 9.63. The number of aromatic nitrogens is 3. The zero-order chi connectivity index (χ0) is 23.5. The minimum absolute atomic E-state index is 0.0595. The molecule has 5 rings (SSSR count). The predicted octanol–water partition coefficient (Wildman–Crippen LogP) is 5.46. The number of rotatable bonds is 6. The summed E-state index contributed by atoms with van der Waals surface area (Å²) in [6.07, 6.45) is 4.20. The number of hydrogen-bond acceptors (Lipinski definition) is 6. The summed E-state index contributed by atoms with van der Waals surface area (Å²) < 4.78 is 5.68. The molecule has 0 radical (unpaired) electrons. The zero-order valence-corrected chi connectivity index (χ0v) is 19.7. The number of benzene rings is 2. The van der Waals surface area contributed by atoms with Crippen molar-refractivity contribution in [3.63, 3.8) is 0 Å². The Morgan fingerprint density at radius 1 is 1.00 bits per heavy atom. The Kier molecular flexibility index (Phi) is 6.25. The van der Waals surface area contributed by atoms with E-state index in [4.69, 9.17) is 9.51 Å². The van der Waals surface area contributed by atoms with Crippen LogP contribution in [0.1, 0.15) is 42.6 Å². The van der Waals surface area contributed by atoms with Gasteiger partial charge in [0.2, 0.25) is 5.91 Å². The summed E-state index contributed by atoms with van der Waals surface area (Å²) in [7, 11) is 0. The molecule has 1 amide bonds. The maximum atomic E-state index is 12.6. The van der Waals surface area contributed by atoms with Gasteiger partial charge in [-0.05, 0) is 56.4 Å². The van der Waals surface area contributed by atoms with Crippen molar-refractivity contribution in [3.05, 3.63) is 65.5 Å². The third-order valence-corrected chi connectivity index (χ3v) is 6.15. The van der Waals surface area contributed by atoms with Gasteiger partial charge in [0.05, 0.1) is 0 Å². The lowest BCUT2D eigenvalue weighted by atomic mass is 10.1. The molecule has 34 heavy (non-hydrogen) atoms. The molecule has 4 aromatic rings. The van der Waals surface area contributed by atoms with Crippen molar-refractivity contribution in [3.8, 4) is 11.3 Å². The van der Waals surface area contributed by atoms with E-state index in [2.05, 4.69) is 26.4 Å². The summed E-state index contributed by atoms with van der Waals surface area (Å²) in [5.41, 5.74) is 5.26. The van der Waals surface area contributed by atoms with E-state index in [9.17, 15) is 4.79 Å². The summed E-state index contributed by atoms with van der Waals surface area (Å²) in [5.74, 6) is 1.39. The highest BCUT2D eigenvalue weighted by Crippen LogP contribution is 2.34. The molecule has 0 spiro atoms. The second-order valence-corrected chi connectivity index (χ2v) is 9.01. The van der Waals surface area contributed by atoms with E-state index in [0.717, 1.165) is 65.2 Å². The van der Waals surface area contributed by atoms with E-state index < -0.39 is 0 Å². The van der Waals surface area contributed by atoms with Gasteiger partial charge in [-0.1, -0.05) is 41.6 Å². The predicted molar refractivity (Wildman–Crippen MR) is 134 cm³/mol. The standard InChI is InChI=1S/C27H29N5O2/c1-18-15-19(2)17-21(16-18)28-23(33)12-11-22-29-26(32-13-7-4-8-14-32)24-25(31-34-27(24)30-22)20-9-5-3-6-10-20/h3,5-6,9-10,15-17H,4,7-8,11-14H2,1-2H3,(H,28,33). The van der Waals surface area contributed by atoms with Crippen molar-refractivity contribution in [2.75, 3.05) is 23.3 Å². The Morgan fingerprint density at radius 2 is 1.74 bits per heavy atom. The molecular formula is C27H29N5O2. The zero-order valence-electron chi connectivity index (χ0n) is 19.7. The molecule has 174 valence electrons. The molecule has 3 heterocycles. The average molecular weight is 456 g/mol. The highest BCUT2D eigenvalue weighted by molar-refractivity contribution is 5.98. The van der Waals surface area contributed by atoms with Gasteiger partial charge in [0.1, 0.15) is 22.7 Å². The number of carbonyl (C=O) groups excluding carboxylic acids is 1. The van der Waals surface area contributed by atoms with Gasteiger partial charge in [0, 0.05) is 37.2 Å². The van der Waals surface area contributed by atoms with Gasteiger partial charge in [0.15, 0.2) is 0 Å². The number of carbonyl (C=O) groups is 1. The number of amides is 1. The largest absolute Gasteiger partial charge is 0.356 e. The van der Waals surface area contributed by atoms with Crippen LogP contribution in [-0.2, 0) is 11.2 Å². The van der Waals surface area contributed by atoms with E-state index >= 15 is 0 Å². The monoisotopic (exact) mass is 455 g/mol. The molecule has 1 aliphatic rings. The molecule has 7 heteroatoms. The quantitative estimate of drug-likeness (QED) is 0.415. The van der Waals surface area contributed by atoms with Crippen LogP contribution < -0.4 is 10.2 Å². The van der Waals surface area contributed by atoms with Gasteiger partial charge in [-0.25, -0.2) is 4.98 Å². The number of hydrogen-bond donors (Lipinski definition) is 1. The first-order chi connectivity index (χ1) is 16.6. The SMILES string of the molecule is Cc1cc(C)cc(NC(=O)CCc2nc(N3CCCCC3)c3c(-c4ccccc4)noc3n2)c1. The fourth-order valence-corrected chi connectivity index (χ4v) is 4.61. The van der Waals surface area contributed by atoms with E-state index in [1.165, 1.54) is 6.42 Å². The summed E-state index contributed by atoms with van der Waals surface area (Å²) in [5, 5.41) is 8.18. The fourth-order valence-electron chi connectivity index (χ4n) is 4.61. The normalized spacial score (nSPS) is 13.9. The summed E-state index contributed by atoms with van der Waals surface area (Å²) in [6, 6.07) is 16.0. The van der Waals surface area contributed by atoms with Crippen molar-refractivity contribution in [2.45, 2.75) is 46.0 Å². The fraction of sp³-hybridized carbons (Fsp3) is 0.333. The lowest BCUT2D eigenvalue weighted by Crippen LogP contribution is -2.30. The first-order valence-electron chi connectivity index (χ1n) is 11.9. The second-order valence-electron chi connectivity index (χ2n) is 9.01. The Bertz CT molecular complexity index is 1290. The Hall–Kier alpha value is -3.74. The average Bonchev–Trinajstić information content (AvgIpc) is 3.27. The highest BCUT2D eigenvalue weighted by Gasteiger charge is 2.24. The molecule has 2 aromatic heterocycles. The van der Waals surface area contributed by atoms with Gasteiger partial charge < -0.3 is 14.7 Å². The van der Waals surface area contributed by atoms with Crippen LogP contribution in [0.5, 0.6) is 0 Å². The minimum Gasteiger partial charge on any atom is -0.356 e. The topological polar surface area (TPSA) is 84.2 Å². The smallest absolute Gasteiger partial charge is 0.263 e. The summed E-state index contributed by atoms with van der Waals surface area (Å²) in [4.78, 5) is 24.5. The molecule has 0 aliphatic carbocycles. The Labute approximate surface area is 199 Å². The minimum atomic E-state index is -0.0595. The molecule has 0 unspecified atom stereocenters. The van der Waals surface area contributed by atoms with Crippen LogP contribution in [0.2, 0.25) is 0 Å². The number of nitrogens with zero attached hydrogens (tertiary/aromatic N) is 4. The summed E-state index contributed by atoms with van der Waals surface area (Å²) >= 11 is 0. The van der Waals surface area contributed by atoms with Gasteiger partial charge in [-0.3, -0.25) is 4.79 Å². The van der Waals surface area contributed by atoms with Crippen LogP contribution in [0, 0.1) is 13.8 Å². The summed E-state index contributed by atoms with van der Waals surface area (Å²) in [6.45, 7) is 5.93. The van der Waals surface area contributed by atoms with Crippen molar-refractivity contribution < 1.29 is 9.32 Å². The number of anilines is 2. The van der Waals surface area contributed by atoms with Crippen LogP contribution in [0.15, 0.2) is 53.1 Å². The van der Waals surface area contributed by atoms with E-state index in [1.54, 1.807) is 0 Å². The Morgan fingerprint density at radius 3 is 2.47 bits per heavy atom. The van der Waals surface area contributed by atoms with Gasteiger partial charge in [0.25, 0.3) is 5.71 Å². The lowest BCUT2D eigenvalue weighted by molar-refractivity contribution is -0.116. The van der Waals surface area contributed by atoms with Gasteiger partial charge in [-0.2, -0.15) is 4.98 Å². The van der Waals surface area contributed by atoms with E-state index in [0.29, 0.717) is 18.0 Å². The molecule has 7 nitrogen and oxygen atoms in total. The van der Waals surface area contributed by atoms with Crippen molar-refractivity contribution in [1.82, 2.24) is 15.1 Å². The molecule has 1 N–H and O–H groups in total. The van der Waals surface area contributed by atoms with E-state index in [-0.39, 0.29) is 12.3 Å². The molecular weight excluding hydrogens is 426 g/mol. The van der Waals surface area contributed by atoms with Crippen LogP contribution in [0.25, 0.3) is 22.4 Å². The van der Waals surface area contributed by atoms with Crippen LogP contribution in [0.4, 0.5) is 11.5 Å². The molecule has 1 fully saturated rings. The molecule has 2 aromatic carbocycles. The maximum Gasteiger partial charge on any atom is 0.263 e. The molecule has 1 saturated heterocycles. The number of fused-ring (bicyclic) bond motifs is 1. The molecule has 0 bridgehead atoms. The van der Waals surface area contributed by atoms with Crippen LogP contribution >= 0.6 is 0 Å². The number of nitrogens with one attached hydrogen (secondary N) is 1. The van der Waals surface area contributed by atoms with Gasteiger partial charge >= 0.3 is 0 Å². The first-order valence-corrected chi connectivity index (χ1v) is 11.9. The highest BCUT2D eigenvalue weighted by atomic mass is 16.5. The van der Waals surface area contributed by atoms with Crippen LogP contribution in [-0.4, -0.2) is 34.1 Å². The van der Waals surface area contributed by atoms with Crippen molar-refractivity contribution in [1.29, 1.82) is 0 Å². The Balaban J connectivity index is 1.42.